The summed E-state index contributed by atoms with van der Waals surface area (Å²) in [4.78, 5) is 9.99. The van der Waals surface area contributed by atoms with Gasteiger partial charge in [-0.3, -0.25) is 0 Å². The van der Waals surface area contributed by atoms with Crippen LogP contribution < -0.4 is 0 Å². The number of hydrogen-bond acceptors (Lipinski definition) is 4. The van der Waals surface area contributed by atoms with Crippen LogP contribution in [0.25, 0.3) is 0 Å². The van der Waals surface area contributed by atoms with Crippen molar-refractivity contribution in [2.24, 2.45) is 0 Å². The Bertz CT molecular complexity index is 172. The zero-order valence-electron chi connectivity index (χ0n) is 18.0. The molecule has 0 spiro atoms. The Hall–Kier alpha value is 0.745. The molecule has 1 N–H and O–H groups in total. The van der Waals surface area contributed by atoms with Crippen molar-refractivity contribution in [2.45, 2.75) is 101 Å². The van der Waals surface area contributed by atoms with E-state index in [1.165, 1.54) is 0 Å². The average molecular weight is 547 g/mol. The van der Waals surface area contributed by atoms with Gasteiger partial charge in [0.05, 0.1) is 0 Å². The van der Waals surface area contributed by atoms with Crippen molar-refractivity contribution >= 4 is 9.05 Å². The van der Waals surface area contributed by atoms with E-state index in [9.17, 15) is 4.80 Å². The van der Waals surface area contributed by atoms with E-state index in [1.807, 2.05) is 102 Å². The van der Waals surface area contributed by atoms with E-state index in [0.29, 0.717) is 0 Å². The fraction of sp³-hybridized carbons (Fsp3) is 0.833. The van der Waals surface area contributed by atoms with Gasteiger partial charge >= 0.3 is 9.05 Å². The maximum Gasteiger partial charge on any atom is 0.677 e. The van der Waals surface area contributed by atoms with Crippen molar-refractivity contribution < 1.29 is 39.1 Å². The van der Waals surface area contributed by atoms with Crippen LogP contribution in [0.5, 0.6) is 0 Å². The fourth-order valence-electron chi connectivity index (χ4n) is 0.977. The van der Waals surface area contributed by atoms with Gasteiger partial charge in [0.2, 0.25) is 0 Å². The van der Waals surface area contributed by atoms with Crippen LogP contribution in [-0.4, -0.2) is 32.2 Å². The van der Waals surface area contributed by atoms with Crippen LogP contribution in [0, 0.1) is 19.3 Å². The van der Waals surface area contributed by atoms with Crippen molar-refractivity contribution in [1.29, 1.82) is 0 Å². The Balaban J connectivity index is -0.000000100. The van der Waals surface area contributed by atoms with Gasteiger partial charge < -0.3 is 37.3 Å². The summed E-state index contributed by atoms with van der Waals surface area (Å²) in [6, 6.07) is 0. The van der Waals surface area contributed by atoms with Gasteiger partial charge in [0.25, 0.3) is 0 Å². The minimum Gasteiger partial charge on any atom is -0.367 e. The molecule has 0 atom stereocenters. The van der Waals surface area contributed by atoms with E-state index in [-0.39, 0.29) is 39.4 Å². The summed E-state index contributed by atoms with van der Waals surface area (Å²) in [5, 5.41) is 0. The van der Waals surface area contributed by atoms with Gasteiger partial charge in [0.1, 0.15) is 0 Å². The molecule has 4 nitrogen and oxygen atoms in total. The SMILES string of the molecule is CC(C)O[Si](O)(OC(C)C)OC(C)C.C[CH-]C.C[CH-]C.C[CH-]C.[Pt]. The predicted octanol–water partition coefficient (Wildman–Crippen LogP) is 5.38. The molecule has 24 heavy (non-hydrogen) atoms. The molecule has 0 rings (SSSR count). The van der Waals surface area contributed by atoms with E-state index in [1.54, 1.807) is 0 Å². The molecule has 0 bridgehead atoms. The van der Waals surface area contributed by atoms with Crippen LogP contribution >= 0.6 is 0 Å². The summed E-state index contributed by atoms with van der Waals surface area (Å²) in [7, 11) is -3.44. The largest absolute Gasteiger partial charge is 0.677 e. The Kier molecular flexibility index (Phi) is 38.7. The van der Waals surface area contributed by atoms with Crippen LogP contribution in [-0.2, 0) is 34.3 Å². The van der Waals surface area contributed by atoms with E-state index in [2.05, 4.69) is 0 Å². The molecule has 156 valence electrons. The second-order valence-electron chi connectivity index (χ2n) is 5.76. The summed E-state index contributed by atoms with van der Waals surface area (Å²) in [6.45, 7) is 23.0. The summed E-state index contributed by atoms with van der Waals surface area (Å²) in [6.07, 6.45) is 5.68. The Morgan fingerprint density at radius 2 is 0.708 bits per heavy atom. The second kappa shape index (κ2) is 26.0. The Morgan fingerprint density at radius 1 is 0.583 bits per heavy atom. The van der Waals surface area contributed by atoms with Crippen molar-refractivity contribution in [3.8, 4) is 0 Å². The molecule has 6 heteroatoms. The molecule has 0 heterocycles. The molecule has 0 fully saturated rings. The minimum atomic E-state index is -3.44. The molecule has 0 aromatic heterocycles. The molecule has 0 saturated carbocycles. The second-order valence-corrected chi connectivity index (χ2v) is 7.51. The first kappa shape index (κ1) is 35.8. The fourth-order valence-corrected chi connectivity index (χ4v) is 2.93. The molecule has 0 aromatic rings. The Morgan fingerprint density at radius 3 is 0.792 bits per heavy atom. The number of rotatable bonds is 6. The van der Waals surface area contributed by atoms with Gasteiger partial charge in [-0.2, -0.15) is 41.5 Å². The molecule has 0 aromatic carbocycles. The van der Waals surface area contributed by atoms with Crippen LogP contribution in [0.2, 0.25) is 0 Å². The van der Waals surface area contributed by atoms with E-state index in [0.717, 1.165) is 0 Å². The van der Waals surface area contributed by atoms with E-state index in [4.69, 9.17) is 13.3 Å². The third-order valence-corrected chi connectivity index (χ3v) is 3.46. The normalized spacial score (nSPS) is 10.0. The molecule has 0 aliphatic carbocycles. The summed E-state index contributed by atoms with van der Waals surface area (Å²) in [5.74, 6) is 0. The standard InChI is InChI=1S/C9H22O4Si.3C3H7.Pt/c1-7(2)11-14(10,12-8(3)4)13-9(5)6;3*1-3-2;/h7-10H,1-6H3;3*3H,1-2H3;/q;3*-1;. The van der Waals surface area contributed by atoms with Crippen LogP contribution in [0.15, 0.2) is 0 Å². The van der Waals surface area contributed by atoms with E-state index >= 15 is 0 Å². The van der Waals surface area contributed by atoms with Crippen molar-refractivity contribution in [3.63, 3.8) is 0 Å². The zero-order valence-corrected chi connectivity index (χ0v) is 21.2. The summed E-state index contributed by atoms with van der Waals surface area (Å²) in [5.41, 5.74) is 0. The summed E-state index contributed by atoms with van der Waals surface area (Å²) >= 11 is 0. The minimum absolute atomic E-state index is 0. The third-order valence-electron chi connectivity index (χ3n) is 1.15. The molecule has 0 amide bonds. The number of hydrogen-bond donors (Lipinski definition) is 1. The van der Waals surface area contributed by atoms with Crippen LogP contribution in [0.1, 0.15) is 83.1 Å². The third kappa shape index (κ3) is 43.4. The molecule has 0 radical (unpaired) electrons. The van der Waals surface area contributed by atoms with Gasteiger partial charge in [-0.05, 0) is 41.5 Å². The van der Waals surface area contributed by atoms with Crippen molar-refractivity contribution in [3.05, 3.63) is 19.3 Å². The zero-order chi connectivity index (χ0) is 19.5. The first-order chi connectivity index (χ1) is 10.5. The smallest absolute Gasteiger partial charge is 0.367 e. The first-order valence-corrected chi connectivity index (χ1v) is 10.1. The van der Waals surface area contributed by atoms with Gasteiger partial charge in [0.15, 0.2) is 0 Å². The van der Waals surface area contributed by atoms with Gasteiger partial charge in [-0.25, -0.2) is 0 Å². The van der Waals surface area contributed by atoms with E-state index < -0.39 is 9.05 Å². The van der Waals surface area contributed by atoms with Crippen LogP contribution in [0.3, 0.4) is 0 Å². The molecule has 0 unspecified atom stereocenters. The van der Waals surface area contributed by atoms with Crippen molar-refractivity contribution in [1.82, 2.24) is 0 Å². The Labute approximate surface area is 168 Å². The van der Waals surface area contributed by atoms with Gasteiger partial charge in [0, 0.05) is 39.4 Å². The maximum absolute atomic E-state index is 9.99. The molecule has 0 aliphatic rings. The molecule has 0 aliphatic heterocycles. The quantitative estimate of drug-likeness (QED) is 0.359. The van der Waals surface area contributed by atoms with Crippen molar-refractivity contribution in [2.75, 3.05) is 0 Å². The van der Waals surface area contributed by atoms with Gasteiger partial charge in [-0.1, -0.05) is 0 Å². The van der Waals surface area contributed by atoms with Crippen LogP contribution in [0.4, 0.5) is 0 Å². The average Bonchev–Trinajstić information content (AvgIpc) is 2.27. The topological polar surface area (TPSA) is 47.9 Å². The first-order valence-electron chi connectivity index (χ1n) is 8.47. The predicted molar refractivity (Wildman–Crippen MR) is 104 cm³/mol. The van der Waals surface area contributed by atoms with Gasteiger partial charge in [-0.15, -0.1) is 0 Å². The monoisotopic (exact) mass is 546 g/mol. The maximum atomic E-state index is 9.99. The molecule has 0 saturated heterocycles. The molecular weight excluding hydrogens is 503 g/mol. The summed E-state index contributed by atoms with van der Waals surface area (Å²) < 4.78 is 15.9. The molecular formula is C18H43O4PtSi-3.